The van der Waals surface area contributed by atoms with Crippen LogP contribution in [0.15, 0.2) is 24.3 Å². The van der Waals surface area contributed by atoms with Gasteiger partial charge in [-0.1, -0.05) is 0 Å². The highest BCUT2D eigenvalue weighted by molar-refractivity contribution is 5.94. The van der Waals surface area contributed by atoms with Crippen molar-refractivity contribution in [3.05, 3.63) is 29.8 Å². The van der Waals surface area contributed by atoms with E-state index in [2.05, 4.69) is 0 Å². The molecule has 3 nitrogen and oxygen atoms in total. The highest BCUT2D eigenvalue weighted by Gasteiger charge is 2.34. The molecule has 1 aromatic rings. The standard InChI is InChI=1S/C12H15F3N2O/c1-8(2)17(7-12(13,14)15)11(18)9-3-5-10(16)6-4-9/h3-6,8H,7,16H2,1-2H3. The van der Waals surface area contributed by atoms with Crippen molar-refractivity contribution in [2.24, 2.45) is 0 Å². The van der Waals surface area contributed by atoms with Gasteiger partial charge in [0.25, 0.3) is 5.91 Å². The van der Waals surface area contributed by atoms with Gasteiger partial charge in [-0.2, -0.15) is 13.2 Å². The lowest BCUT2D eigenvalue weighted by molar-refractivity contribution is -0.143. The minimum atomic E-state index is -4.41. The Labute approximate surface area is 103 Å². The number of carbonyl (C=O) groups excluding carboxylic acids is 1. The molecule has 18 heavy (non-hydrogen) atoms. The zero-order valence-corrected chi connectivity index (χ0v) is 10.2. The topological polar surface area (TPSA) is 46.3 Å². The van der Waals surface area contributed by atoms with E-state index < -0.39 is 24.7 Å². The predicted molar refractivity (Wildman–Crippen MR) is 63.1 cm³/mol. The van der Waals surface area contributed by atoms with Crippen LogP contribution in [-0.2, 0) is 0 Å². The number of hydrogen-bond acceptors (Lipinski definition) is 2. The van der Waals surface area contributed by atoms with Crippen LogP contribution >= 0.6 is 0 Å². The highest BCUT2D eigenvalue weighted by atomic mass is 19.4. The summed E-state index contributed by atoms with van der Waals surface area (Å²) < 4.78 is 37.2. The van der Waals surface area contributed by atoms with Gasteiger partial charge in [0.15, 0.2) is 0 Å². The van der Waals surface area contributed by atoms with Gasteiger partial charge in [-0.25, -0.2) is 0 Å². The van der Waals surface area contributed by atoms with Gasteiger partial charge < -0.3 is 10.6 Å². The molecule has 1 amide bonds. The maximum absolute atomic E-state index is 12.4. The summed E-state index contributed by atoms with van der Waals surface area (Å²) in [5, 5.41) is 0. The van der Waals surface area contributed by atoms with Crippen molar-refractivity contribution in [1.82, 2.24) is 4.90 Å². The van der Waals surface area contributed by atoms with Crippen LogP contribution in [0.5, 0.6) is 0 Å². The molecule has 0 spiro atoms. The van der Waals surface area contributed by atoms with Gasteiger partial charge in [-0.15, -0.1) is 0 Å². The summed E-state index contributed by atoms with van der Waals surface area (Å²) in [6, 6.07) is 5.28. The van der Waals surface area contributed by atoms with Crippen LogP contribution in [0, 0.1) is 0 Å². The Morgan fingerprint density at radius 2 is 1.78 bits per heavy atom. The van der Waals surface area contributed by atoms with Crippen LogP contribution in [0.4, 0.5) is 18.9 Å². The van der Waals surface area contributed by atoms with Crippen LogP contribution in [0.1, 0.15) is 24.2 Å². The Hall–Kier alpha value is -1.72. The van der Waals surface area contributed by atoms with Gasteiger partial charge in [0.1, 0.15) is 6.54 Å². The number of carbonyl (C=O) groups is 1. The number of alkyl halides is 3. The number of rotatable bonds is 3. The van der Waals surface area contributed by atoms with E-state index in [4.69, 9.17) is 5.73 Å². The van der Waals surface area contributed by atoms with Gasteiger partial charge in [-0.3, -0.25) is 4.79 Å². The number of hydrogen-bond donors (Lipinski definition) is 1. The predicted octanol–water partition coefficient (Wildman–Crippen LogP) is 2.68. The Bertz CT molecular complexity index is 412. The van der Waals surface area contributed by atoms with Crippen molar-refractivity contribution in [3.8, 4) is 0 Å². The van der Waals surface area contributed by atoms with Crippen molar-refractivity contribution in [2.75, 3.05) is 12.3 Å². The first-order valence-corrected chi connectivity index (χ1v) is 5.44. The third kappa shape index (κ3) is 3.94. The van der Waals surface area contributed by atoms with Crippen LogP contribution in [0.2, 0.25) is 0 Å². The fourth-order valence-electron chi connectivity index (χ4n) is 1.47. The molecule has 0 saturated carbocycles. The Morgan fingerprint density at radius 1 is 1.28 bits per heavy atom. The summed E-state index contributed by atoms with van der Waals surface area (Å²) in [6.45, 7) is 1.83. The normalized spacial score (nSPS) is 11.7. The number of nitrogens with two attached hydrogens (primary N) is 1. The quantitative estimate of drug-likeness (QED) is 0.849. The summed E-state index contributed by atoms with van der Waals surface area (Å²) in [5.41, 5.74) is 6.11. The molecule has 1 rings (SSSR count). The second-order valence-corrected chi connectivity index (χ2v) is 4.26. The van der Waals surface area contributed by atoms with Crippen molar-refractivity contribution in [2.45, 2.75) is 26.1 Å². The number of halogens is 3. The third-order valence-corrected chi connectivity index (χ3v) is 2.39. The Kier molecular flexibility index (Phi) is 4.21. The average molecular weight is 260 g/mol. The van der Waals surface area contributed by atoms with E-state index in [1.807, 2.05) is 0 Å². The molecular formula is C12H15F3N2O. The molecule has 2 N–H and O–H groups in total. The lowest BCUT2D eigenvalue weighted by Gasteiger charge is -2.27. The molecule has 0 heterocycles. The van der Waals surface area contributed by atoms with Gasteiger partial charge in [0.2, 0.25) is 0 Å². The molecular weight excluding hydrogens is 245 g/mol. The maximum atomic E-state index is 12.4. The number of anilines is 1. The molecule has 0 radical (unpaired) electrons. The lowest BCUT2D eigenvalue weighted by Crippen LogP contribution is -2.43. The minimum Gasteiger partial charge on any atom is -0.399 e. The molecule has 0 aliphatic carbocycles. The monoisotopic (exact) mass is 260 g/mol. The zero-order chi connectivity index (χ0) is 13.9. The summed E-state index contributed by atoms with van der Waals surface area (Å²) in [6.07, 6.45) is -4.41. The minimum absolute atomic E-state index is 0.196. The van der Waals surface area contributed by atoms with Crippen LogP contribution in [-0.4, -0.2) is 29.6 Å². The maximum Gasteiger partial charge on any atom is 0.406 e. The van der Waals surface area contributed by atoms with E-state index in [1.54, 1.807) is 13.8 Å². The summed E-state index contributed by atoms with van der Waals surface area (Å²) in [7, 11) is 0. The molecule has 0 fully saturated rings. The molecule has 0 aliphatic rings. The zero-order valence-electron chi connectivity index (χ0n) is 10.2. The van der Waals surface area contributed by atoms with Gasteiger partial charge >= 0.3 is 6.18 Å². The summed E-state index contributed by atoms with van der Waals surface area (Å²) in [5.74, 6) is -0.651. The van der Waals surface area contributed by atoms with Crippen molar-refractivity contribution in [1.29, 1.82) is 0 Å². The summed E-state index contributed by atoms with van der Waals surface area (Å²) in [4.78, 5) is 12.7. The largest absolute Gasteiger partial charge is 0.406 e. The SMILES string of the molecule is CC(C)N(CC(F)(F)F)C(=O)c1ccc(N)cc1. The first-order chi connectivity index (χ1) is 8.20. The van der Waals surface area contributed by atoms with E-state index in [0.717, 1.165) is 4.90 Å². The van der Waals surface area contributed by atoms with E-state index in [9.17, 15) is 18.0 Å². The molecule has 0 aromatic heterocycles. The fraction of sp³-hybridized carbons (Fsp3) is 0.417. The number of nitrogens with zero attached hydrogens (tertiary/aromatic N) is 1. The summed E-state index contributed by atoms with van der Waals surface area (Å²) >= 11 is 0. The van der Waals surface area contributed by atoms with Crippen molar-refractivity contribution in [3.63, 3.8) is 0 Å². The third-order valence-electron chi connectivity index (χ3n) is 2.39. The second-order valence-electron chi connectivity index (χ2n) is 4.26. The van der Waals surface area contributed by atoms with E-state index >= 15 is 0 Å². The van der Waals surface area contributed by atoms with Gasteiger partial charge in [0.05, 0.1) is 0 Å². The lowest BCUT2D eigenvalue weighted by atomic mass is 10.1. The van der Waals surface area contributed by atoms with Gasteiger partial charge in [0, 0.05) is 17.3 Å². The van der Waals surface area contributed by atoms with Crippen molar-refractivity contribution < 1.29 is 18.0 Å². The van der Waals surface area contributed by atoms with Crippen molar-refractivity contribution >= 4 is 11.6 Å². The molecule has 0 bridgehead atoms. The number of benzene rings is 1. The average Bonchev–Trinajstić information content (AvgIpc) is 2.24. The Morgan fingerprint density at radius 3 is 2.17 bits per heavy atom. The first-order valence-electron chi connectivity index (χ1n) is 5.44. The number of amides is 1. The van der Waals surface area contributed by atoms with Crippen LogP contribution < -0.4 is 5.73 Å². The van der Waals surface area contributed by atoms with Crippen LogP contribution in [0.3, 0.4) is 0 Å². The van der Waals surface area contributed by atoms with E-state index in [1.165, 1.54) is 24.3 Å². The number of nitrogen functional groups attached to an aromatic ring is 1. The second kappa shape index (κ2) is 5.29. The molecule has 6 heteroatoms. The molecule has 0 unspecified atom stereocenters. The Balaban J connectivity index is 2.93. The fourth-order valence-corrected chi connectivity index (χ4v) is 1.47. The van der Waals surface area contributed by atoms with E-state index in [-0.39, 0.29) is 5.56 Å². The highest BCUT2D eigenvalue weighted by Crippen LogP contribution is 2.20. The van der Waals surface area contributed by atoms with Crippen LogP contribution in [0.25, 0.3) is 0 Å². The first kappa shape index (κ1) is 14.3. The molecule has 0 saturated heterocycles. The van der Waals surface area contributed by atoms with Gasteiger partial charge in [-0.05, 0) is 38.1 Å². The molecule has 1 aromatic carbocycles. The molecule has 100 valence electrons. The smallest absolute Gasteiger partial charge is 0.399 e. The van der Waals surface area contributed by atoms with E-state index in [0.29, 0.717) is 5.69 Å². The molecule has 0 atom stereocenters. The molecule has 0 aliphatic heterocycles.